The van der Waals surface area contributed by atoms with Crippen LogP contribution in [0.4, 0.5) is 0 Å². The smallest absolute Gasteiger partial charge is 0.116 e. The van der Waals surface area contributed by atoms with Gasteiger partial charge in [0.05, 0.1) is 19.3 Å². The van der Waals surface area contributed by atoms with E-state index in [0.717, 1.165) is 13.1 Å². The van der Waals surface area contributed by atoms with Crippen molar-refractivity contribution in [1.82, 2.24) is 4.90 Å². The van der Waals surface area contributed by atoms with Crippen LogP contribution in [0.3, 0.4) is 0 Å². The molecule has 0 atom stereocenters. The standard InChI is InChI=1S/C8H14N2O/c1-3-10(2)5-8(4-9)6-11-7-8/h3,5-7H2,1-2H3. The van der Waals surface area contributed by atoms with Crippen LogP contribution in [0.5, 0.6) is 0 Å². The molecule has 62 valence electrons. The van der Waals surface area contributed by atoms with Gasteiger partial charge in [-0.05, 0) is 13.6 Å². The van der Waals surface area contributed by atoms with Gasteiger partial charge < -0.3 is 9.64 Å². The van der Waals surface area contributed by atoms with Crippen molar-refractivity contribution in [2.75, 3.05) is 33.4 Å². The van der Waals surface area contributed by atoms with Crippen molar-refractivity contribution in [2.45, 2.75) is 6.92 Å². The number of hydrogen-bond acceptors (Lipinski definition) is 3. The fraction of sp³-hybridized carbons (Fsp3) is 0.875. The highest BCUT2D eigenvalue weighted by Gasteiger charge is 2.39. The molecule has 0 amide bonds. The number of ether oxygens (including phenoxy) is 1. The van der Waals surface area contributed by atoms with Gasteiger partial charge in [0.2, 0.25) is 0 Å². The average molecular weight is 154 g/mol. The summed E-state index contributed by atoms with van der Waals surface area (Å²) in [6, 6.07) is 2.31. The van der Waals surface area contributed by atoms with E-state index < -0.39 is 0 Å². The molecule has 0 aromatic rings. The molecule has 1 saturated heterocycles. The van der Waals surface area contributed by atoms with E-state index in [1.54, 1.807) is 0 Å². The van der Waals surface area contributed by atoms with Crippen molar-refractivity contribution >= 4 is 0 Å². The van der Waals surface area contributed by atoms with Crippen LogP contribution >= 0.6 is 0 Å². The normalized spacial score (nSPS) is 20.9. The summed E-state index contributed by atoms with van der Waals surface area (Å²) in [5, 5.41) is 8.82. The Morgan fingerprint density at radius 2 is 2.27 bits per heavy atom. The molecule has 1 aliphatic heterocycles. The summed E-state index contributed by atoms with van der Waals surface area (Å²) in [5.74, 6) is 0. The minimum absolute atomic E-state index is 0.204. The maximum Gasteiger partial charge on any atom is 0.116 e. The Morgan fingerprint density at radius 3 is 2.55 bits per heavy atom. The first-order valence-corrected chi connectivity index (χ1v) is 3.90. The largest absolute Gasteiger partial charge is 0.378 e. The SMILES string of the molecule is CCN(C)CC1(C#N)COC1. The highest BCUT2D eigenvalue weighted by Crippen LogP contribution is 2.26. The molecule has 0 aromatic carbocycles. The van der Waals surface area contributed by atoms with E-state index in [2.05, 4.69) is 17.9 Å². The van der Waals surface area contributed by atoms with E-state index in [1.807, 2.05) is 7.05 Å². The van der Waals surface area contributed by atoms with Gasteiger partial charge in [-0.3, -0.25) is 0 Å². The van der Waals surface area contributed by atoms with Gasteiger partial charge in [0.15, 0.2) is 0 Å². The van der Waals surface area contributed by atoms with Crippen LogP contribution in [0.2, 0.25) is 0 Å². The monoisotopic (exact) mass is 154 g/mol. The molecule has 1 rings (SSSR count). The van der Waals surface area contributed by atoms with Gasteiger partial charge in [-0.25, -0.2) is 0 Å². The summed E-state index contributed by atoms with van der Waals surface area (Å²) < 4.78 is 5.03. The molecule has 0 saturated carbocycles. The van der Waals surface area contributed by atoms with Crippen LogP contribution in [-0.2, 0) is 4.74 Å². The topological polar surface area (TPSA) is 36.3 Å². The molecular weight excluding hydrogens is 140 g/mol. The first-order valence-electron chi connectivity index (χ1n) is 3.90. The highest BCUT2D eigenvalue weighted by molar-refractivity contribution is 5.05. The van der Waals surface area contributed by atoms with Crippen LogP contribution in [0.15, 0.2) is 0 Å². The lowest BCUT2D eigenvalue weighted by molar-refractivity contribution is -0.0883. The van der Waals surface area contributed by atoms with Gasteiger partial charge >= 0.3 is 0 Å². The Labute approximate surface area is 67.6 Å². The third kappa shape index (κ3) is 1.70. The lowest BCUT2D eigenvalue weighted by atomic mass is 9.87. The van der Waals surface area contributed by atoms with Crippen LogP contribution in [0.1, 0.15) is 6.92 Å². The van der Waals surface area contributed by atoms with Crippen molar-refractivity contribution in [3.05, 3.63) is 0 Å². The molecule has 0 radical (unpaired) electrons. The molecule has 11 heavy (non-hydrogen) atoms. The molecule has 3 heteroatoms. The Morgan fingerprint density at radius 1 is 1.64 bits per heavy atom. The second-order valence-corrected chi connectivity index (χ2v) is 3.22. The fourth-order valence-electron chi connectivity index (χ4n) is 1.17. The molecule has 3 nitrogen and oxygen atoms in total. The number of nitrogens with zero attached hydrogens (tertiary/aromatic N) is 2. The summed E-state index contributed by atoms with van der Waals surface area (Å²) in [7, 11) is 2.03. The molecule has 0 spiro atoms. The maximum atomic E-state index is 8.82. The Balaban J connectivity index is 2.40. The van der Waals surface area contributed by atoms with E-state index >= 15 is 0 Å². The Kier molecular flexibility index (Phi) is 2.48. The molecule has 1 fully saturated rings. The van der Waals surface area contributed by atoms with Gasteiger partial charge in [-0.15, -0.1) is 0 Å². The average Bonchev–Trinajstić information content (AvgIpc) is 1.96. The predicted molar refractivity (Wildman–Crippen MR) is 42.0 cm³/mol. The van der Waals surface area contributed by atoms with Gasteiger partial charge in [0.1, 0.15) is 5.41 Å². The lowest BCUT2D eigenvalue weighted by Crippen LogP contribution is -2.49. The van der Waals surface area contributed by atoms with Gasteiger partial charge in [0, 0.05) is 6.54 Å². The summed E-state index contributed by atoms with van der Waals surface area (Å²) in [6.45, 7) is 5.12. The zero-order chi connectivity index (χ0) is 8.32. The summed E-state index contributed by atoms with van der Waals surface area (Å²) in [4.78, 5) is 2.14. The molecule has 1 heterocycles. The van der Waals surface area contributed by atoms with Gasteiger partial charge in [0.25, 0.3) is 0 Å². The maximum absolute atomic E-state index is 8.82. The Hall–Kier alpha value is -0.590. The van der Waals surface area contributed by atoms with Crippen LogP contribution in [0.25, 0.3) is 0 Å². The summed E-state index contributed by atoms with van der Waals surface area (Å²) >= 11 is 0. The fourth-order valence-corrected chi connectivity index (χ4v) is 1.17. The van der Waals surface area contributed by atoms with Crippen LogP contribution in [-0.4, -0.2) is 38.3 Å². The third-order valence-electron chi connectivity index (χ3n) is 2.11. The predicted octanol–water partition coefficient (Wildman–Crippen LogP) is 0.478. The Bertz CT molecular complexity index is 169. The van der Waals surface area contributed by atoms with Gasteiger partial charge in [-0.2, -0.15) is 5.26 Å². The molecule has 0 bridgehead atoms. The first kappa shape index (κ1) is 8.51. The van der Waals surface area contributed by atoms with Crippen molar-refractivity contribution in [3.63, 3.8) is 0 Å². The molecule has 0 N–H and O–H groups in total. The first-order chi connectivity index (χ1) is 5.22. The molecule has 0 aromatic heterocycles. The molecule has 0 aliphatic carbocycles. The van der Waals surface area contributed by atoms with Crippen molar-refractivity contribution < 1.29 is 4.74 Å². The van der Waals surface area contributed by atoms with Gasteiger partial charge in [-0.1, -0.05) is 6.92 Å². The van der Waals surface area contributed by atoms with Crippen LogP contribution in [0, 0.1) is 16.7 Å². The van der Waals surface area contributed by atoms with E-state index in [-0.39, 0.29) is 5.41 Å². The number of rotatable bonds is 3. The number of nitriles is 1. The minimum Gasteiger partial charge on any atom is -0.378 e. The highest BCUT2D eigenvalue weighted by atomic mass is 16.5. The third-order valence-corrected chi connectivity index (χ3v) is 2.11. The summed E-state index contributed by atoms with van der Waals surface area (Å²) in [6.07, 6.45) is 0. The van der Waals surface area contributed by atoms with Crippen LogP contribution < -0.4 is 0 Å². The number of hydrogen-bond donors (Lipinski definition) is 0. The molecule has 1 aliphatic rings. The second-order valence-electron chi connectivity index (χ2n) is 3.22. The van der Waals surface area contributed by atoms with E-state index in [4.69, 9.17) is 10.00 Å². The van der Waals surface area contributed by atoms with Crippen molar-refractivity contribution in [1.29, 1.82) is 5.26 Å². The van der Waals surface area contributed by atoms with E-state index in [1.165, 1.54) is 0 Å². The quantitative estimate of drug-likeness (QED) is 0.593. The van der Waals surface area contributed by atoms with E-state index in [9.17, 15) is 0 Å². The summed E-state index contributed by atoms with van der Waals surface area (Å²) in [5.41, 5.74) is -0.204. The molecular formula is C8H14N2O. The minimum atomic E-state index is -0.204. The van der Waals surface area contributed by atoms with E-state index in [0.29, 0.717) is 13.2 Å². The zero-order valence-corrected chi connectivity index (χ0v) is 7.13. The molecule has 0 unspecified atom stereocenters. The second kappa shape index (κ2) is 3.21. The zero-order valence-electron chi connectivity index (χ0n) is 7.13. The lowest BCUT2D eigenvalue weighted by Gasteiger charge is -2.37. The van der Waals surface area contributed by atoms with Crippen molar-refractivity contribution in [3.8, 4) is 6.07 Å². The van der Waals surface area contributed by atoms with Crippen molar-refractivity contribution in [2.24, 2.45) is 5.41 Å².